The molecule has 0 atom stereocenters. The van der Waals surface area contributed by atoms with Crippen molar-refractivity contribution in [1.29, 1.82) is 0 Å². The van der Waals surface area contributed by atoms with Gasteiger partial charge in [0.2, 0.25) is 0 Å². The van der Waals surface area contributed by atoms with Gasteiger partial charge in [0.25, 0.3) is 0 Å². The standard InChI is InChI=1S/C21H18Cl2N2O4/c1-3-29-21(28)20-18(19-14(23)8-11(22)9-16(19)25-20)13(10-17(26)27)12-6-4-5-7-15(12)24-2/h4-10,24-25H,3H2,1-2H3,(H,26,27). The van der Waals surface area contributed by atoms with Crippen LogP contribution in [0.15, 0.2) is 42.5 Å². The highest BCUT2D eigenvalue weighted by Crippen LogP contribution is 2.40. The molecule has 6 nitrogen and oxygen atoms in total. The fourth-order valence-corrected chi connectivity index (χ4v) is 3.81. The molecule has 0 aliphatic heterocycles. The number of carboxylic acid groups (broad SMARTS) is 1. The van der Waals surface area contributed by atoms with E-state index in [-0.39, 0.29) is 17.3 Å². The number of fused-ring (bicyclic) bond motifs is 1. The number of para-hydroxylation sites is 1. The monoisotopic (exact) mass is 432 g/mol. The number of esters is 1. The lowest BCUT2D eigenvalue weighted by Gasteiger charge is -2.14. The van der Waals surface area contributed by atoms with Crippen LogP contribution in [0.4, 0.5) is 5.69 Å². The van der Waals surface area contributed by atoms with Gasteiger partial charge >= 0.3 is 11.9 Å². The molecule has 0 unspecified atom stereocenters. The third-order valence-corrected chi connectivity index (χ3v) is 4.83. The van der Waals surface area contributed by atoms with Gasteiger partial charge in [0.05, 0.1) is 11.6 Å². The number of hydrogen-bond donors (Lipinski definition) is 3. The first-order valence-corrected chi connectivity index (χ1v) is 9.53. The zero-order valence-corrected chi connectivity index (χ0v) is 17.2. The molecule has 3 N–H and O–H groups in total. The number of benzene rings is 2. The molecule has 3 aromatic rings. The normalized spacial score (nSPS) is 11.5. The molecule has 0 aliphatic rings. The van der Waals surface area contributed by atoms with Crippen LogP contribution >= 0.6 is 23.2 Å². The molecule has 29 heavy (non-hydrogen) atoms. The summed E-state index contributed by atoms with van der Waals surface area (Å²) in [5.74, 6) is -1.79. The largest absolute Gasteiger partial charge is 0.478 e. The van der Waals surface area contributed by atoms with E-state index < -0.39 is 11.9 Å². The number of carbonyl (C=O) groups excluding carboxylic acids is 1. The van der Waals surface area contributed by atoms with E-state index in [2.05, 4.69) is 10.3 Å². The highest BCUT2D eigenvalue weighted by molar-refractivity contribution is 6.39. The molecule has 0 fully saturated rings. The molecular weight excluding hydrogens is 415 g/mol. The molecule has 0 aliphatic carbocycles. The number of ether oxygens (including phenoxy) is 1. The first-order valence-electron chi connectivity index (χ1n) is 8.77. The molecule has 0 saturated carbocycles. The molecule has 8 heteroatoms. The van der Waals surface area contributed by atoms with Gasteiger partial charge in [-0.05, 0) is 25.1 Å². The molecule has 0 saturated heterocycles. The van der Waals surface area contributed by atoms with E-state index in [1.807, 2.05) is 12.1 Å². The fraction of sp³-hybridized carbons (Fsp3) is 0.143. The van der Waals surface area contributed by atoms with E-state index in [9.17, 15) is 14.7 Å². The van der Waals surface area contributed by atoms with Crippen LogP contribution in [-0.4, -0.2) is 35.7 Å². The molecule has 0 bridgehead atoms. The van der Waals surface area contributed by atoms with Crippen molar-refractivity contribution >= 4 is 57.3 Å². The van der Waals surface area contributed by atoms with Crippen molar-refractivity contribution in [3.63, 3.8) is 0 Å². The van der Waals surface area contributed by atoms with E-state index in [0.29, 0.717) is 38.3 Å². The molecule has 1 aromatic heterocycles. The minimum Gasteiger partial charge on any atom is -0.478 e. The molecule has 0 amide bonds. The first kappa shape index (κ1) is 20.8. The van der Waals surface area contributed by atoms with Gasteiger partial charge in [-0.15, -0.1) is 0 Å². The maximum Gasteiger partial charge on any atom is 0.355 e. The third kappa shape index (κ3) is 4.09. The van der Waals surface area contributed by atoms with E-state index in [4.69, 9.17) is 27.9 Å². The molecule has 0 spiro atoms. The number of halogens is 2. The second kappa shape index (κ2) is 8.59. The summed E-state index contributed by atoms with van der Waals surface area (Å²) in [7, 11) is 1.73. The van der Waals surface area contributed by atoms with Crippen molar-refractivity contribution in [3.05, 3.63) is 69.3 Å². The highest BCUT2D eigenvalue weighted by atomic mass is 35.5. The lowest BCUT2D eigenvalue weighted by atomic mass is 9.93. The number of aliphatic carboxylic acids is 1. The van der Waals surface area contributed by atoms with Gasteiger partial charge in [-0.3, -0.25) is 0 Å². The van der Waals surface area contributed by atoms with Gasteiger partial charge in [-0.1, -0.05) is 41.4 Å². The second-order valence-corrected chi connectivity index (χ2v) is 6.94. The Hall–Kier alpha value is -2.96. The smallest absolute Gasteiger partial charge is 0.355 e. The number of nitrogens with one attached hydrogen (secondary N) is 2. The van der Waals surface area contributed by atoms with Crippen LogP contribution in [-0.2, 0) is 9.53 Å². The Morgan fingerprint density at radius 1 is 1.24 bits per heavy atom. The highest BCUT2D eigenvalue weighted by Gasteiger charge is 2.26. The van der Waals surface area contributed by atoms with Crippen molar-refractivity contribution in [3.8, 4) is 0 Å². The van der Waals surface area contributed by atoms with Crippen molar-refractivity contribution in [2.75, 3.05) is 19.0 Å². The summed E-state index contributed by atoms with van der Waals surface area (Å²) in [6.07, 6.45) is 1.05. The average Bonchev–Trinajstić information content (AvgIpc) is 3.05. The summed E-state index contributed by atoms with van der Waals surface area (Å²) in [6, 6.07) is 10.3. The molecule has 2 aromatic carbocycles. The lowest BCUT2D eigenvalue weighted by Crippen LogP contribution is -2.09. The van der Waals surface area contributed by atoms with Crippen LogP contribution in [0.1, 0.15) is 28.5 Å². The van der Waals surface area contributed by atoms with Crippen molar-refractivity contribution in [2.24, 2.45) is 0 Å². The minimum atomic E-state index is -1.17. The van der Waals surface area contributed by atoms with Crippen LogP contribution in [0, 0.1) is 0 Å². The molecule has 1 heterocycles. The summed E-state index contributed by atoms with van der Waals surface area (Å²) in [4.78, 5) is 27.4. The maximum absolute atomic E-state index is 12.7. The average molecular weight is 433 g/mol. The number of aromatic nitrogens is 1. The van der Waals surface area contributed by atoms with Crippen LogP contribution in [0.5, 0.6) is 0 Å². The summed E-state index contributed by atoms with van der Waals surface area (Å²) >= 11 is 12.6. The van der Waals surface area contributed by atoms with Gasteiger partial charge in [0.15, 0.2) is 0 Å². The minimum absolute atomic E-state index is 0.101. The topological polar surface area (TPSA) is 91.4 Å². The second-order valence-electron chi connectivity index (χ2n) is 6.10. The predicted molar refractivity (Wildman–Crippen MR) is 115 cm³/mol. The van der Waals surface area contributed by atoms with Gasteiger partial charge in [0, 0.05) is 51.4 Å². The van der Waals surface area contributed by atoms with Crippen LogP contribution < -0.4 is 5.32 Å². The Morgan fingerprint density at radius 3 is 2.62 bits per heavy atom. The number of anilines is 1. The zero-order chi connectivity index (χ0) is 21.1. The third-order valence-electron chi connectivity index (χ3n) is 4.32. The van der Waals surface area contributed by atoms with E-state index in [0.717, 1.165) is 6.08 Å². The zero-order valence-electron chi connectivity index (χ0n) is 15.7. The Bertz CT molecular complexity index is 1140. The summed E-state index contributed by atoms with van der Waals surface area (Å²) in [6.45, 7) is 1.85. The van der Waals surface area contributed by atoms with Gasteiger partial charge in [-0.2, -0.15) is 0 Å². The quantitative estimate of drug-likeness (QED) is 0.367. The maximum atomic E-state index is 12.7. The summed E-state index contributed by atoms with van der Waals surface area (Å²) in [5, 5.41) is 13.7. The number of rotatable bonds is 6. The lowest BCUT2D eigenvalue weighted by molar-refractivity contribution is -0.131. The first-order chi connectivity index (χ1) is 13.9. The number of aromatic amines is 1. The Balaban J connectivity index is 2.44. The Morgan fingerprint density at radius 2 is 1.97 bits per heavy atom. The molecule has 0 radical (unpaired) electrons. The molecular formula is C21H18Cl2N2O4. The van der Waals surface area contributed by atoms with Gasteiger partial charge < -0.3 is 20.1 Å². The summed E-state index contributed by atoms with van der Waals surface area (Å²) in [5.41, 5.74) is 2.53. The fourth-order valence-electron chi connectivity index (χ4n) is 3.22. The predicted octanol–water partition coefficient (Wildman–Crippen LogP) is 5.21. The Kier molecular flexibility index (Phi) is 6.15. The van der Waals surface area contributed by atoms with Crippen molar-refractivity contribution in [2.45, 2.75) is 6.92 Å². The van der Waals surface area contributed by atoms with Crippen molar-refractivity contribution < 1.29 is 19.4 Å². The Labute approximate surface area is 177 Å². The van der Waals surface area contributed by atoms with Gasteiger partial charge in [-0.25, -0.2) is 9.59 Å². The van der Waals surface area contributed by atoms with E-state index in [1.165, 1.54) is 0 Å². The van der Waals surface area contributed by atoms with Crippen LogP contribution in [0.25, 0.3) is 16.5 Å². The molecule has 3 rings (SSSR count). The number of hydrogen-bond acceptors (Lipinski definition) is 4. The summed E-state index contributed by atoms with van der Waals surface area (Å²) < 4.78 is 5.18. The van der Waals surface area contributed by atoms with E-state index >= 15 is 0 Å². The van der Waals surface area contributed by atoms with E-state index in [1.54, 1.807) is 38.2 Å². The number of carbonyl (C=O) groups is 2. The van der Waals surface area contributed by atoms with Gasteiger partial charge in [0.1, 0.15) is 5.69 Å². The number of carboxylic acids is 1. The van der Waals surface area contributed by atoms with Crippen LogP contribution in [0.3, 0.4) is 0 Å². The van der Waals surface area contributed by atoms with Crippen molar-refractivity contribution in [1.82, 2.24) is 4.98 Å². The van der Waals surface area contributed by atoms with Crippen LogP contribution in [0.2, 0.25) is 10.0 Å². The number of H-pyrrole nitrogens is 1. The SMILES string of the molecule is CCOC(=O)c1[nH]c2cc(Cl)cc(Cl)c2c1C(=CC(=O)O)c1ccccc1NC. The molecule has 150 valence electrons.